The van der Waals surface area contributed by atoms with Crippen molar-refractivity contribution >= 4 is 130 Å². The minimum absolute atomic E-state index is 0.0721. The highest BCUT2D eigenvalue weighted by Gasteiger charge is 2.39. The van der Waals surface area contributed by atoms with Crippen molar-refractivity contribution in [3.8, 4) is 89.5 Å². The highest BCUT2D eigenvalue weighted by Crippen LogP contribution is 2.55. The topological polar surface area (TPSA) is 19.7 Å². The molecule has 0 amide bonds. The second-order valence-electron chi connectivity index (χ2n) is 34.6. The maximum Gasteiger partial charge on any atom is 0.0541 e. The standard InChI is InChI=1S/2C59H40N2/c1-59(2)52-29-24-37-12-6-7-15-46(37)58(52)49-28-23-43(36-53(49)59)38-20-21-40-33-45(27-22-39(40)32-38)61-55-19-11-9-17-48(55)51-35-42(26-31-57(51)61)41-25-30-56-50(34-41)47-16-8-10-18-54(47)60(56)44-13-4-3-5-14-44;1-59(2)51-30-25-37-14-6-7-17-43(37)58(51)48-28-24-40(36-52(48)59)42-29-33-55(45-19-9-8-18-44(42)45)61-54-23-13-11-21-47(54)50-35-39(27-32-57(50)61)38-26-31-56-49(34-38)46-20-10-12-22-53(46)60(56)41-15-4-3-5-16-41/h2*3-36H,1-2H3. The first-order chi connectivity index (χ1) is 60.0. The molecule has 2 aliphatic rings. The van der Waals surface area contributed by atoms with Crippen LogP contribution in [0, 0.1) is 0 Å². The van der Waals surface area contributed by atoms with E-state index in [0.29, 0.717) is 0 Å². The van der Waals surface area contributed by atoms with Gasteiger partial charge in [0.1, 0.15) is 0 Å². The summed E-state index contributed by atoms with van der Waals surface area (Å²) in [4.78, 5) is 0. The van der Waals surface area contributed by atoms with Gasteiger partial charge < -0.3 is 18.3 Å². The number of rotatable bonds is 8. The van der Waals surface area contributed by atoms with Crippen LogP contribution in [0.4, 0.5) is 0 Å². The lowest BCUT2D eigenvalue weighted by Gasteiger charge is -2.22. The molecule has 0 spiro atoms. The molecule has 0 unspecified atom stereocenters. The molecule has 2 aliphatic carbocycles. The Hall–Kier alpha value is -15.4. The minimum Gasteiger partial charge on any atom is -0.309 e. The van der Waals surface area contributed by atoms with Crippen molar-refractivity contribution < 1.29 is 0 Å². The number of hydrogen-bond donors (Lipinski definition) is 0. The number of nitrogens with zero attached hydrogens (tertiary/aromatic N) is 4. The van der Waals surface area contributed by atoms with E-state index in [1.165, 1.54) is 242 Å². The third kappa shape index (κ3) is 10.4. The molecular formula is C118H80N4. The Kier molecular flexibility index (Phi) is 15.2. The number of para-hydroxylation sites is 6. The third-order valence-corrected chi connectivity index (χ3v) is 27.4. The minimum atomic E-state index is -0.102. The van der Waals surface area contributed by atoms with Crippen LogP contribution in [0.2, 0.25) is 0 Å². The van der Waals surface area contributed by atoms with Gasteiger partial charge in [0, 0.05) is 76.4 Å². The van der Waals surface area contributed by atoms with Crippen molar-refractivity contribution in [1.82, 2.24) is 18.3 Å². The molecule has 24 aromatic rings. The van der Waals surface area contributed by atoms with E-state index in [1.54, 1.807) is 0 Å². The van der Waals surface area contributed by atoms with Gasteiger partial charge in [-0.2, -0.15) is 0 Å². The van der Waals surface area contributed by atoms with E-state index in [-0.39, 0.29) is 10.8 Å². The molecule has 4 nitrogen and oxygen atoms in total. The molecule has 0 fully saturated rings. The second-order valence-corrected chi connectivity index (χ2v) is 34.6. The van der Waals surface area contributed by atoms with Crippen LogP contribution in [-0.2, 0) is 10.8 Å². The summed E-state index contributed by atoms with van der Waals surface area (Å²) in [5.41, 5.74) is 35.2. The zero-order valence-corrected chi connectivity index (χ0v) is 68.0. The van der Waals surface area contributed by atoms with Gasteiger partial charge in [-0.25, -0.2) is 0 Å². The lowest BCUT2D eigenvalue weighted by atomic mass is 9.81. The molecule has 0 radical (unpaired) electrons. The van der Waals surface area contributed by atoms with Gasteiger partial charge in [-0.1, -0.05) is 307 Å². The van der Waals surface area contributed by atoms with Crippen molar-refractivity contribution in [2.45, 2.75) is 38.5 Å². The summed E-state index contributed by atoms with van der Waals surface area (Å²) in [6.45, 7) is 9.51. The van der Waals surface area contributed by atoms with Gasteiger partial charge in [0.2, 0.25) is 0 Å². The Balaban J connectivity index is 0.000000134. The van der Waals surface area contributed by atoms with E-state index in [2.05, 4.69) is 458 Å². The van der Waals surface area contributed by atoms with Gasteiger partial charge in [0.05, 0.1) is 49.8 Å². The summed E-state index contributed by atoms with van der Waals surface area (Å²) in [6.07, 6.45) is 0. The summed E-state index contributed by atoms with van der Waals surface area (Å²) in [6, 6.07) is 153. The van der Waals surface area contributed by atoms with Crippen LogP contribution in [0.1, 0.15) is 49.9 Å². The summed E-state index contributed by atoms with van der Waals surface area (Å²) in [5, 5.41) is 20.3. The Bertz CT molecular complexity index is 8570. The fraction of sp³-hybridized carbons (Fsp3) is 0.0508. The van der Waals surface area contributed by atoms with Crippen molar-refractivity contribution in [1.29, 1.82) is 0 Å². The van der Waals surface area contributed by atoms with Crippen molar-refractivity contribution in [3.05, 3.63) is 435 Å². The van der Waals surface area contributed by atoms with Gasteiger partial charge in [0.25, 0.3) is 0 Å². The van der Waals surface area contributed by atoms with Crippen LogP contribution in [0.5, 0.6) is 0 Å². The Morgan fingerprint density at radius 2 is 0.475 bits per heavy atom. The maximum absolute atomic E-state index is 2.48. The predicted molar refractivity (Wildman–Crippen MR) is 517 cm³/mol. The van der Waals surface area contributed by atoms with E-state index in [0.717, 1.165) is 0 Å². The normalized spacial score (nSPS) is 13.2. The summed E-state index contributed by atoms with van der Waals surface area (Å²) in [5.74, 6) is 0. The summed E-state index contributed by atoms with van der Waals surface area (Å²) < 4.78 is 9.67. The number of fused-ring (bicyclic) bond motifs is 24. The van der Waals surface area contributed by atoms with Crippen molar-refractivity contribution in [2.75, 3.05) is 0 Å². The quantitative estimate of drug-likeness (QED) is 0.144. The van der Waals surface area contributed by atoms with E-state index >= 15 is 0 Å². The van der Waals surface area contributed by atoms with Gasteiger partial charge in [-0.15, -0.1) is 0 Å². The lowest BCUT2D eigenvalue weighted by Crippen LogP contribution is -2.15. The third-order valence-electron chi connectivity index (χ3n) is 27.4. The first-order valence-corrected chi connectivity index (χ1v) is 42.7. The van der Waals surface area contributed by atoms with E-state index in [9.17, 15) is 0 Å². The largest absolute Gasteiger partial charge is 0.309 e. The zero-order chi connectivity index (χ0) is 80.8. The van der Waals surface area contributed by atoms with Gasteiger partial charge >= 0.3 is 0 Å². The summed E-state index contributed by atoms with van der Waals surface area (Å²) >= 11 is 0. The highest BCUT2D eigenvalue weighted by atomic mass is 15.0. The van der Waals surface area contributed by atoms with E-state index in [1.807, 2.05) is 0 Å². The van der Waals surface area contributed by atoms with Crippen molar-refractivity contribution in [2.24, 2.45) is 0 Å². The van der Waals surface area contributed by atoms with Gasteiger partial charge in [-0.05, 0) is 260 Å². The Morgan fingerprint density at radius 3 is 0.951 bits per heavy atom. The van der Waals surface area contributed by atoms with E-state index < -0.39 is 0 Å². The first-order valence-electron chi connectivity index (χ1n) is 42.7. The number of hydrogen-bond acceptors (Lipinski definition) is 0. The Labute approximate surface area is 706 Å². The van der Waals surface area contributed by atoms with Crippen LogP contribution in [-0.4, -0.2) is 18.3 Å². The van der Waals surface area contributed by atoms with Crippen LogP contribution < -0.4 is 0 Å². The zero-order valence-electron chi connectivity index (χ0n) is 68.0. The highest BCUT2D eigenvalue weighted by molar-refractivity contribution is 6.17. The van der Waals surface area contributed by atoms with Crippen molar-refractivity contribution in [3.63, 3.8) is 0 Å². The molecule has 4 heteroatoms. The number of aromatic nitrogens is 4. The van der Waals surface area contributed by atoms with Crippen LogP contribution in [0.25, 0.3) is 220 Å². The molecule has 4 aromatic heterocycles. The molecule has 0 N–H and O–H groups in total. The van der Waals surface area contributed by atoms with E-state index in [4.69, 9.17) is 0 Å². The molecular weight excluding hydrogens is 1470 g/mol. The average molecular weight is 1550 g/mol. The van der Waals surface area contributed by atoms with Crippen LogP contribution in [0.3, 0.4) is 0 Å². The molecule has 0 saturated heterocycles. The molecule has 0 saturated carbocycles. The maximum atomic E-state index is 2.48. The van der Waals surface area contributed by atoms with Gasteiger partial charge in [-0.3, -0.25) is 0 Å². The lowest BCUT2D eigenvalue weighted by molar-refractivity contribution is 0.661. The monoisotopic (exact) mass is 1550 g/mol. The van der Waals surface area contributed by atoms with Crippen LogP contribution in [0.15, 0.2) is 413 Å². The smallest absolute Gasteiger partial charge is 0.0541 e. The molecule has 572 valence electrons. The SMILES string of the molecule is CC1(C)c2cc(-c3ccc(-n4c5ccccc5c5cc(-c6ccc7c(c6)c6ccccc6n7-c6ccccc6)ccc54)c4ccccc34)ccc2-c2c1ccc1ccccc21.CC1(C)c2cc(-c3ccc4cc(-n5c6ccccc6c6cc(-c7ccc8c(c7)c7ccccc7n8-c7ccccc7)ccc65)ccc4c3)ccc2-c2c1ccc1ccccc21. The molecule has 26 rings (SSSR count). The second kappa shape index (κ2) is 26.6. The van der Waals surface area contributed by atoms with Crippen LogP contribution >= 0.6 is 0 Å². The summed E-state index contributed by atoms with van der Waals surface area (Å²) in [7, 11) is 0. The molecule has 4 heterocycles. The fourth-order valence-corrected chi connectivity index (χ4v) is 21.5. The van der Waals surface area contributed by atoms with Gasteiger partial charge in [0.15, 0.2) is 0 Å². The predicted octanol–water partition coefficient (Wildman–Crippen LogP) is 31.7. The molecule has 0 aliphatic heterocycles. The Morgan fingerprint density at radius 1 is 0.164 bits per heavy atom. The first kappa shape index (κ1) is 69.7. The molecule has 0 bridgehead atoms. The average Bonchev–Trinajstić information content (AvgIpc) is 1.56. The fourth-order valence-electron chi connectivity index (χ4n) is 21.5. The molecule has 122 heavy (non-hydrogen) atoms. The molecule has 20 aromatic carbocycles. The number of benzene rings is 20. The molecule has 0 atom stereocenters.